The SMILES string of the molecule is CC(C)c1ccc2c(c1)CCC1(CC3=CCC1C3)C2=O. The molecule has 1 saturated carbocycles. The van der Waals surface area contributed by atoms with Crippen LogP contribution < -0.4 is 0 Å². The molecular formula is C19H22O. The van der Waals surface area contributed by atoms with E-state index in [2.05, 4.69) is 38.1 Å². The number of ketones is 1. The molecular weight excluding hydrogens is 244 g/mol. The Kier molecular flexibility index (Phi) is 2.52. The number of hydrogen-bond donors (Lipinski definition) is 0. The molecule has 1 fully saturated rings. The zero-order chi connectivity index (χ0) is 13.9. The Balaban J connectivity index is 1.75. The molecule has 2 atom stereocenters. The summed E-state index contributed by atoms with van der Waals surface area (Å²) in [5.41, 5.74) is 5.20. The third-order valence-corrected chi connectivity index (χ3v) is 5.86. The first-order chi connectivity index (χ1) is 9.60. The molecule has 20 heavy (non-hydrogen) atoms. The summed E-state index contributed by atoms with van der Waals surface area (Å²) in [6.45, 7) is 4.44. The first kappa shape index (κ1) is 12.4. The molecule has 1 spiro atoms. The highest BCUT2D eigenvalue weighted by Crippen LogP contribution is 2.58. The Morgan fingerprint density at radius 3 is 2.80 bits per heavy atom. The smallest absolute Gasteiger partial charge is 0.169 e. The maximum Gasteiger partial charge on any atom is 0.169 e. The van der Waals surface area contributed by atoms with Crippen LogP contribution in [0.2, 0.25) is 0 Å². The molecule has 2 unspecified atom stereocenters. The Bertz CT molecular complexity index is 623. The number of allylic oxidation sites excluding steroid dienone is 2. The van der Waals surface area contributed by atoms with Crippen LogP contribution in [0.25, 0.3) is 0 Å². The number of aryl methyl sites for hydroxylation is 1. The predicted molar refractivity (Wildman–Crippen MR) is 81.0 cm³/mol. The van der Waals surface area contributed by atoms with Gasteiger partial charge in [0.15, 0.2) is 5.78 Å². The van der Waals surface area contributed by atoms with Crippen molar-refractivity contribution < 1.29 is 4.79 Å². The van der Waals surface area contributed by atoms with Crippen LogP contribution in [0.4, 0.5) is 0 Å². The van der Waals surface area contributed by atoms with Crippen LogP contribution in [-0.2, 0) is 6.42 Å². The average molecular weight is 266 g/mol. The Hall–Kier alpha value is -1.37. The van der Waals surface area contributed by atoms with Gasteiger partial charge in [0, 0.05) is 11.0 Å². The van der Waals surface area contributed by atoms with Gasteiger partial charge in [0.1, 0.15) is 0 Å². The topological polar surface area (TPSA) is 17.1 Å². The minimum atomic E-state index is -0.0313. The van der Waals surface area contributed by atoms with Crippen molar-refractivity contribution in [3.8, 4) is 0 Å². The largest absolute Gasteiger partial charge is 0.294 e. The highest BCUT2D eigenvalue weighted by atomic mass is 16.1. The normalized spacial score (nSPS) is 31.1. The van der Waals surface area contributed by atoms with Gasteiger partial charge in [-0.2, -0.15) is 0 Å². The van der Waals surface area contributed by atoms with Crippen molar-refractivity contribution >= 4 is 5.78 Å². The molecule has 3 aliphatic rings. The lowest BCUT2D eigenvalue weighted by Gasteiger charge is -2.39. The Morgan fingerprint density at radius 1 is 1.30 bits per heavy atom. The van der Waals surface area contributed by atoms with Gasteiger partial charge in [0.25, 0.3) is 0 Å². The van der Waals surface area contributed by atoms with Crippen molar-refractivity contribution in [2.45, 2.75) is 51.9 Å². The molecule has 4 rings (SSSR count). The third kappa shape index (κ3) is 1.52. The predicted octanol–water partition coefficient (Wildman–Crippen LogP) is 4.67. The summed E-state index contributed by atoms with van der Waals surface area (Å²) in [7, 11) is 0. The first-order valence-electron chi connectivity index (χ1n) is 7.96. The number of benzene rings is 1. The average Bonchev–Trinajstić information content (AvgIpc) is 3.04. The summed E-state index contributed by atoms with van der Waals surface area (Å²) in [5.74, 6) is 1.59. The van der Waals surface area contributed by atoms with Gasteiger partial charge in [-0.3, -0.25) is 4.79 Å². The van der Waals surface area contributed by atoms with Crippen molar-refractivity contribution in [1.29, 1.82) is 0 Å². The van der Waals surface area contributed by atoms with Crippen LogP contribution >= 0.6 is 0 Å². The molecule has 3 aliphatic carbocycles. The van der Waals surface area contributed by atoms with Crippen LogP contribution in [0.3, 0.4) is 0 Å². The summed E-state index contributed by atoms with van der Waals surface area (Å²) in [6.07, 6.45) is 7.90. The van der Waals surface area contributed by atoms with Gasteiger partial charge < -0.3 is 0 Å². The molecule has 0 saturated heterocycles. The molecule has 0 N–H and O–H groups in total. The fourth-order valence-corrected chi connectivity index (χ4v) is 4.61. The van der Waals surface area contributed by atoms with Crippen LogP contribution in [0, 0.1) is 11.3 Å². The molecule has 1 heteroatoms. The number of carbonyl (C=O) groups is 1. The summed E-state index contributed by atoms with van der Waals surface area (Å²) in [5, 5.41) is 0. The minimum Gasteiger partial charge on any atom is -0.294 e. The highest BCUT2D eigenvalue weighted by Gasteiger charge is 2.53. The third-order valence-electron chi connectivity index (χ3n) is 5.86. The lowest BCUT2D eigenvalue weighted by Crippen LogP contribution is -2.39. The quantitative estimate of drug-likeness (QED) is 0.675. The molecule has 0 aromatic heterocycles. The molecule has 2 bridgehead atoms. The van der Waals surface area contributed by atoms with Crippen LogP contribution in [0.1, 0.15) is 66.9 Å². The maximum absolute atomic E-state index is 13.1. The van der Waals surface area contributed by atoms with Crippen LogP contribution in [0.5, 0.6) is 0 Å². The summed E-state index contributed by atoms with van der Waals surface area (Å²) < 4.78 is 0. The number of Topliss-reactive ketones (excluding diaryl/α,β-unsaturated/α-hetero) is 1. The molecule has 0 heterocycles. The van der Waals surface area contributed by atoms with Crippen molar-refractivity contribution in [2.75, 3.05) is 0 Å². The number of fused-ring (bicyclic) bond motifs is 4. The van der Waals surface area contributed by atoms with Gasteiger partial charge in [0.2, 0.25) is 0 Å². The molecule has 1 aromatic carbocycles. The van der Waals surface area contributed by atoms with E-state index in [0.29, 0.717) is 17.6 Å². The van der Waals surface area contributed by atoms with E-state index in [1.165, 1.54) is 17.5 Å². The van der Waals surface area contributed by atoms with Gasteiger partial charge >= 0.3 is 0 Å². The molecule has 1 aromatic rings. The van der Waals surface area contributed by atoms with Crippen LogP contribution in [-0.4, -0.2) is 5.78 Å². The van der Waals surface area contributed by atoms with E-state index in [0.717, 1.165) is 31.2 Å². The zero-order valence-electron chi connectivity index (χ0n) is 12.4. The van der Waals surface area contributed by atoms with Gasteiger partial charge in [-0.1, -0.05) is 43.7 Å². The van der Waals surface area contributed by atoms with Gasteiger partial charge in [-0.25, -0.2) is 0 Å². The number of carbonyl (C=O) groups excluding carboxylic acids is 1. The van der Waals surface area contributed by atoms with Gasteiger partial charge in [-0.15, -0.1) is 0 Å². The molecule has 1 nitrogen and oxygen atoms in total. The summed E-state index contributed by atoms with van der Waals surface area (Å²) >= 11 is 0. The lowest BCUT2D eigenvalue weighted by molar-refractivity contribution is 0.0671. The van der Waals surface area contributed by atoms with Gasteiger partial charge in [-0.05, 0) is 55.1 Å². The second kappa shape index (κ2) is 4.07. The van der Waals surface area contributed by atoms with Crippen molar-refractivity contribution in [3.63, 3.8) is 0 Å². The van der Waals surface area contributed by atoms with E-state index in [1.807, 2.05) is 0 Å². The van der Waals surface area contributed by atoms with E-state index >= 15 is 0 Å². The fraction of sp³-hybridized carbons (Fsp3) is 0.526. The minimum absolute atomic E-state index is 0.0313. The Morgan fingerprint density at radius 2 is 2.15 bits per heavy atom. The van der Waals surface area contributed by atoms with E-state index in [-0.39, 0.29) is 5.41 Å². The van der Waals surface area contributed by atoms with Crippen LogP contribution in [0.15, 0.2) is 29.8 Å². The second-order valence-corrected chi connectivity index (χ2v) is 7.23. The van der Waals surface area contributed by atoms with E-state index in [4.69, 9.17) is 0 Å². The number of rotatable bonds is 1. The standard InChI is InChI=1S/C19H22O/c1-12(2)14-4-6-17-15(10-14)7-8-19(18(17)20)11-13-3-5-16(19)9-13/h3-4,6,10,12,16H,5,7-9,11H2,1-2H3. The monoisotopic (exact) mass is 266 g/mol. The molecule has 0 aliphatic heterocycles. The van der Waals surface area contributed by atoms with Crippen molar-refractivity contribution in [2.24, 2.45) is 11.3 Å². The summed E-state index contributed by atoms with van der Waals surface area (Å²) in [6, 6.07) is 6.54. The second-order valence-electron chi connectivity index (χ2n) is 7.23. The maximum atomic E-state index is 13.1. The molecule has 0 radical (unpaired) electrons. The zero-order valence-corrected chi connectivity index (χ0v) is 12.4. The van der Waals surface area contributed by atoms with Crippen molar-refractivity contribution in [1.82, 2.24) is 0 Å². The van der Waals surface area contributed by atoms with Crippen molar-refractivity contribution in [3.05, 3.63) is 46.5 Å². The first-order valence-corrected chi connectivity index (χ1v) is 7.96. The Labute approximate surface area is 121 Å². The molecule has 0 amide bonds. The van der Waals surface area contributed by atoms with E-state index in [1.54, 1.807) is 5.57 Å². The van der Waals surface area contributed by atoms with Gasteiger partial charge in [0.05, 0.1) is 0 Å². The number of hydrogen-bond acceptors (Lipinski definition) is 1. The molecule has 104 valence electrons. The fourth-order valence-electron chi connectivity index (χ4n) is 4.61. The van der Waals surface area contributed by atoms with E-state index in [9.17, 15) is 4.79 Å². The lowest BCUT2D eigenvalue weighted by atomic mass is 9.63. The van der Waals surface area contributed by atoms with E-state index < -0.39 is 0 Å². The highest BCUT2D eigenvalue weighted by molar-refractivity contribution is 6.03. The summed E-state index contributed by atoms with van der Waals surface area (Å²) in [4.78, 5) is 13.1.